The van der Waals surface area contributed by atoms with Gasteiger partial charge in [-0.2, -0.15) is 0 Å². The summed E-state index contributed by atoms with van der Waals surface area (Å²) >= 11 is 0. The van der Waals surface area contributed by atoms with Crippen LogP contribution in [0.1, 0.15) is 39.5 Å². The van der Waals surface area contributed by atoms with E-state index in [0.717, 1.165) is 44.7 Å². The lowest BCUT2D eigenvalue weighted by Gasteiger charge is -2.33. The molecule has 1 heterocycles. The van der Waals surface area contributed by atoms with Crippen LogP contribution in [0.15, 0.2) is 0 Å². The Morgan fingerprint density at radius 3 is 2.12 bits per heavy atom. The zero-order chi connectivity index (χ0) is 12.3. The second kappa shape index (κ2) is 5.71. The summed E-state index contributed by atoms with van der Waals surface area (Å²) in [5.74, 6) is 0.734. The van der Waals surface area contributed by atoms with Gasteiger partial charge in [0.1, 0.15) is 0 Å². The van der Waals surface area contributed by atoms with Gasteiger partial charge in [0.15, 0.2) is 0 Å². The fourth-order valence-electron chi connectivity index (χ4n) is 2.42. The van der Waals surface area contributed by atoms with Crippen LogP contribution in [0.4, 0.5) is 4.79 Å². The Hall–Kier alpha value is -0.770. The lowest BCUT2D eigenvalue weighted by Crippen LogP contribution is -2.48. The minimum atomic E-state index is 0.0369. The first-order valence-electron chi connectivity index (χ1n) is 6.93. The van der Waals surface area contributed by atoms with E-state index < -0.39 is 0 Å². The van der Waals surface area contributed by atoms with Gasteiger partial charge in [-0.3, -0.25) is 0 Å². The van der Waals surface area contributed by atoms with Crippen LogP contribution in [0.25, 0.3) is 0 Å². The quantitative estimate of drug-likeness (QED) is 0.782. The van der Waals surface area contributed by atoms with Gasteiger partial charge in [0.05, 0.1) is 0 Å². The number of hydrogen-bond acceptors (Lipinski definition) is 2. The first-order chi connectivity index (χ1) is 8.13. The molecule has 2 N–H and O–H groups in total. The predicted octanol–water partition coefficient (Wildman–Crippen LogP) is 1.57. The normalized spacial score (nSPS) is 22.8. The molecule has 4 nitrogen and oxygen atoms in total. The van der Waals surface area contributed by atoms with E-state index in [2.05, 4.69) is 29.4 Å². The zero-order valence-electron chi connectivity index (χ0n) is 11.0. The molecule has 2 aliphatic rings. The lowest BCUT2D eigenvalue weighted by atomic mass is 10.0. The molecule has 1 aliphatic heterocycles. The van der Waals surface area contributed by atoms with E-state index in [1.54, 1.807) is 0 Å². The third-order valence-corrected chi connectivity index (χ3v) is 3.46. The van der Waals surface area contributed by atoms with E-state index in [-0.39, 0.29) is 6.03 Å². The monoisotopic (exact) mass is 239 g/mol. The SMILES string of the molecule is CC(C)CN1CCC(NC(=O)NC2CC2)CC1. The van der Waals surface area contributed by atoms with Gasteiger partial charge in [-0.15, -0.1) is 0 Å². The molecule has 17 heavy (non-hydrogen) atoms. The first-order valence-corrected chi connectivity index (χ1v) is 6.93. The third kappa shape index (κ3) is 4.54. The summed E-state index contributed by atoms with van der Waals surface area (Å²) in [7, 11) is 0. The Balaban J connectivity index is 1.62. The van der Waals surface area contributed by atoms with Gasteiger partial charge in [-0.05, 0) is 31.6 Å². The molecule has 0 aromatic heterocycles. The summed E-state index contributed by atoms with van der Waals surface area (Å²) in [4.78, 5) is 14.1. The second-order valence-corrected chi connectivity index (χ2v) is 5.86. The van der Waals surface area contributed by atoms with Crippen molar-refractivity contribution in [3.05, 3.63) is 0 Å². The Labute approximate surface area is 104 Å². The lowest BCUT2D eigenvalue weighted by molar-refractivity contribution is 0.178. The summed E-state index contributed by atoms with van der Waals surface area (Å²) < 4.78 is 0. The molecular formula is C13H25N3O. The molecule has 0 atom stereocenters. The number of hydrogen-bond donors (Lipinski definition) is 2. The summed E-state index contributed by atoms with van der Waals surface area (Å²) in [6.07, 6.45) is 4.48. The number of urea groups is 1. The number of carbonyl (C=O) groups excluding carboxylic acids is 1. The number of likely N-dealkylation sites (tertiary alicyclic amines) is 1. The number of rotatable bonds is 4. The molecule has 1 saturated carbocycles. The van der Waals surface area contributed by atoms with Crippen molar-refractivity contribution in [1.29, 1.82) is 0 Å². The highest BCUT2D eigenvalue weighted by molar-refractivity contribution is 5.74. The van der Waals surface area contributed by atoms with Gasteiger partial charge < -0.3 is 15.5 Å². The minimum absolute atomic E-state index is 0.0369. The maximum atomic E-state index is 11.6. The predicted molar refractivity (Wildman–Crippen MR) is 69.0 cm³/mol. The van der Waals surface area contributed by atoms with Crippen LogP contribution >= 0.6 is 0 Å². The van der Waals surface area contributed by atoms with Crippen molar-refractivity contribution in [2.75, 3.05) is 19.6 Å². The van der Waals surface area contributed by atoms with Gasteiger partial charge >= 0.3 is 6.03 Å². The van der Waals surface area contributed by atoms with Crippen LogP contribution < -0.4 is 10.6 Å². The van der Waals surface area contributed by atoms with Gasteiger partial charge in [-0.1, -0.05) is 13.8 Å². The van der Waals surface area contributed by atoms with Crippen molar-refractivity contribution in [3.8, 4) is 0 Å². The standard InChI is InChI=1S/C13H25N3O/c1-10(2)9-16-7-5-12(6-8-16)15-13(17)14-11-3-4-11/h10-12H,3-9H2,1-2H3,(H2,14,15,17). The number of piperidine rings is 1. The molecule has 2 rings (SSSR count). The van der Waals surface area contributed by atoms with E-state index in [1.165, 1.54) is 6.54 Å². The highest BCUT2D eigenvalue weighted by Crippen LogP contribution is 2.18. The van der Waals surface area contributed by atoms with Gasteiger partial charge in [0.2, 0.25) is 0 Å². The molecule has 0 radical (unpaired) electrons. The van der Waals surface area contributed by atoms with E-state index in [1.807, 2.05) is 0 Å². The van der Waals surface area contributed by atoms with Crippen LogP contribution in [0.5, 0.6) is 0 Å². The Bertz CT molecular complexity index is 255. The van der Waals surface area contributed by atoms with Crippen LogP contribution in [-0.4, -0.2) is 42.6 Å². The molecule has 0 spiro atoms. The molecular weight excluding hydrogens is 214 g/mol. The molecule has 1 aliphatic carbocycles. The van der Waals surface area contributed by atoms with E-state index >= 15 is 0 Å². The van der Waals surface area contributed by atoms with Gasteiger partial charge in [0.25, 0.3) is 0 Å². The van der Waals surface area contributed by atoms with Crippen LogP contribution in [-0.2, 0) is 0 Å². The summed E-state index contributed by atoms with van der Waals surface area (Å²) in [6.45, 7) is 7.93. The zero-order valence-corrected chi connectivity index (χ0v) is 11.0. The van der Waals surface area contributed by atoms with Gasteiger partial charge in [-0.25, -0.2) is 4.79 Å². The molecule has 1 saturated heterocycles. The molecule has 98 valence electrons. The van der Waals surface area contributed by atoms with Crippen LogP contribution in [0.3, 0.4) is 0 Å². The van der Waals surface area contributed by atoms with Crippen LogP contribution in [0.2, 0.25) is 0 Å². The fourth-order valence-corrected chi connectivity index (χ4v) is 2.42. The van der Waals surface area contributed by atoms with E-state index in [4.69, 9.17) is 0 Å². The van der Waals surface area contributed by atoms with E-state index in [0.29, 0.717) is 12.1 Å². The van der Waals surface area contributed by atoms with Crippen molar-refractivity contribution >= 4 is 6.03 Å². The first kappa shape index (κ1) is 12.7. The average Bonchev–Trinajstić information content (AvgIpc) is 3.04. The minimum Gasteiger partial charge on any atom is -0.335 e. The smallest absolute Gasteiger partial charge is 0.315 e. The average molecular weight is 239 g/mol. The van der Waals surface area contributed by atoms with Crippen LogP contribution in [0, 0.1) is 5.92 Å². The molecule has 0 aromatic carbocycles. The third-order valence-electron chi connectivity index (χ3n) is 3.46. The number of nitrogens with one attached hydrogen (secondary N) is 2. The Morgan fingerprint density at radius 1 is 1.12 bits per heavy atom. The summed E-state index contributed by atoms with van der Waals surface area (Å²) in [5.41, 5.74) is 0. The molecule has 0 bridgehead atoms. The highest BCUT2D eigenvalue weighted by Gasteiger charge is 2.25. The molecule has 0 unspecified atom stereocenters. The molecule has 2 amide bonds. The van der Waals surface area contributed by atoms with Gasteiger partial charge in [0, 0.05) is 31.7 Å². The Morgan fingerprint density at radius 2 is 1.65 bits per heavy atom. The van der Waals surface area contributed by atoms with Crippen molar-refractivity contribution in [2.24, 2.45) is 5.92 Å². The van der Waals surface area contributed by atoms with Crippen molar-refractivity contribution in [2.45, 2.75) is 51.6 Å². The highest BCUT2D eigenvalue weighted by atomic mass is 16.2. The maximum absolute atomic E-state index is 11.6. The number of amides is 2. The number of nitrogens with zero attached hydrogens (tertiary/aromatic N) is 1. The topological polar surface area (TPSA) is 44.4 Å². The van der Waals surface area contributed by atoms with Crippen molar-refractivity contribution in [1.82, 2.24) is 15.5 Å². The molecule has 2 fully saturated rings. The summed E-state index contributed by atoms with van der Waals surface area (Å²) in [6, 6.07) is 0.864. The second-order valence-electron chi connectivity index (χ2n) is 5.86. The Kier molecular flexibility index (Phi) is 4.26. The largest absolute Gasteiger partial charge is 0.335 e. The summed E-state index contributed by atoms with van der Waals surface area (Å²) in [5, 5.41) is 6.07. The van der Waals surface area contributed by atoms with Crippen molar-refractivity contribution in [3.63, 3.8) is 0 Å². The van der Waals surface area contributed by atoms with Crippen molar-refractivity contribution < 1.29 is 4.79 Å². The molecule has 0 aromatic rings. The number of carbonyl (C=O) groups is 1. The molecule has 4 heteroatoms. The van der Waals surface area contributed by atoms with E-state index in [9.17, 15) is 4.79 Å². The fraction of sp³-hybridized carbons (Fsp3) is 0.923. The maximum Gasteiger partial charge on any atom is 0.315 e.